The molecule has 0 bridgehead atoms. The fourth-order valence-electron chi connectivity index (χ4n) is 6.16. The van der Waals surface area contributed by atoms with Gasteiger partial charge in [0.15, 0.2) is 11.5 Å². The molecule has 7 nitrogen and oxygen atoms in total. The number of aromatic nitrogens is 2. The molecule has 2 aliphatic rings. The van der Waals surface area contributed by atoms with Gasteiger partial charge in [0.2, 0.25) is 5.91 Å². The maximum atomic E-state index is 15.9. The number of carbonyl (C=O) groups is 1. The minimum atomic E-state index is -0.849. The van der Waals surface area contributed by atoms with Crippen LogP contribution in [0.3, 0.4) is 0 Å². The summed E-state index contributed by atoms with van der Waals surface area (Å²) in [5, 5.41) is 10.8. The van der Waals surface area contributed by atoms with Crippen LogP contribution in [0.2, 0.25) is 0 Å². The summed E-state index contributed by atoms with van der Waals surface area (Å²) in [5.74, 6) is -2.05. The van der Waals surface area contributed by atoms with Crippen LogP contribution in [0.4, 0.5) is 20.2 Å². The van der Waals surface area contributed by atoms with Gasteiger partial charge in [-0.2, -0.15) is 0 Å². The molecule has 1 saturated heterocycles. The summed E-state index contributed by atoms with van der Waals surface area (Å²) in [4.78, 5) is 35.8. The smallest absolute Gasteiger partial charge is 0.282 e. The van der Waals surface area contributed by atoms with Gasteiger partial charge in [0, 0.05) is 19.0 Å². The third-order valence-electron chi connectivity index (χ3n) is 8.14. The number of hydrogen-bond donors (Lipinski definition) is 1. The highest BCUT2D eigenvalue weighted by atomic mass is 19.1. The Bertz CT molecular complexity index is 1730. The molecule has 206 valence electrons. The van der Waals surface area contributed by atoms with E-state index < -0.39 is 34.7 Å². The number of aromatic hydroxyl groups is 1. The third-order valence-corrected chi connectivity index (χ3v) is 8.14. The molecule has 0 saturated carbocycles. The average Bonchev–Trinajstić information content (AvgIpc) is 2.91. The molecule has 40 heavy (non-hydrogen) atoms. The molecule has 2 atom stereocenters. The van der Waals surface area contributed by atoms with Gasteiger partial charge in [-0.3, -0.25) is 14.2 Å². The Morgan fingerprint density at radius 3 is 2.48 bits per heavy atom. The van der Waals surface area contributed by atoms with Gasteiger partial charge in [-0.25, -0.2) is 13.8 Å². The van der Waals surface area contributed by atoms with Crippen LogP contribution in [0, 0.1) is 17.6 Å². The summed E-state index contributed by atoms with van der Waals surface area (Å²) in [6.45, 7) is 6.60. The van der Waals surface area contributed by atoms with Gasteiger partial charge in [-0.05, 0) is 54.5 Å². The lowest BCUT2D eigenvalue weighted by atomic mass is 9.90. The normalized spacial score (nSPS) is 18.8. The van der Waals surface area contributed by atoms with Crippen molar-refractivity contribution in [1.82, 2.24) is 9.55 Å². The monoisotopic (exact) mass is 544 g/mol. The van der Waals surface area contributed by atoms with Gasteiger partial charge in [0.1, 0.15) is 29.0 Å². The van der Waals surface area contributed by atoms with Gasteiger partial charge in [0.25, 0.3) is 5.56 Å². The zero-order chi connectivity index (χ0) is 28.5. The number of para-hydroxylation sites is 1. The zero-order valence-electron chi connectivity index (χ0n) is 22.8. The number of phenolic OH excluding ortho intramolecular Hbond substituents is 1. The zero-order valence-corrected chi connectivity index (χ0v) is 22.8. The molecular formula is C31H30F2N4O3. The van der Waals surface area contributed by atoms with Gasteiger partial charge >= 0.3 is 0 Å². The van der Waals surface area contributed by atoms with Crippen molar-refractivity contribution < 1.29 is 18.7 Å². The second-order valence-corrected chi connectivity index (χ2v) is 11.1. The number of nitrogens with zero attached hydrogens (tertiary/aromatic N) is 4. The highest BCUT2D eigenvalue weighted by Gasteiger charge is 2.43. The van der Waals surface area contributed by atoms with Crippen LogP contribution in [0.1, 0.15) is 45.1 Å². The van der Waals surface area contributed by atoms with Gasteiger partial charge in [0.05, 0.1) is 16.9 Å². The molecule has 6 rings (SSSR count). The van der Waals surface area contributed by atoms with Crippen LogP contribution >= 0.6 is 0 Å². The lowest BCUT2D eigenvalue weighted by molar-refractivity contribution is -0.120. The van der Waals surface area contributed by atoms with Crippen LogP contribution in [-0.2, 0) is 4.79 Å². The molecule has 0 aliphatic carbocycles. The summed E-state index contributed by atoms with van der Waals surface area (Å²) < 4.78 is 32.2. The fraction of sp³-hybridized carbons (Fsp3) is 0.323. The number of hydrogen-bond acceptors (Lipinski definition) is 5. The van der Waals surface area contributed by atoms with E-state index in [1.165, 1.54) is 27.7 Å². The maximum absolute atomic E-state index is 15.9. The summed E-state index contributed by atoms with van der Waals surface area (Å²) in [7, 11) is 1.58. The van der Waals surface area contributed by atoms with E-state index in [4.69, 9.17) is 0 Å². The topological polar surface area (TPSA) is 78.7 Å². The second kappa shape index (κ2) is 9.43. The summed E-state index contributed by atoms with van der Waals surface area (Å²) >= 11 is 0. The fourth-order valence-corrected chi connectivity index (χ4v) is 6.16. The molecule has 1 N–H and O–H groups in total. The molecule has 0 spiro atoms. The Labute approximate surface area is 230 Å². The van der Waals surface area contributed by atoms with E-state index in [1.807, 2.05) is 30.9 Å². The number of fused-ring (bicyclic) bond motifs is 5. The molecule has 9 heteroatoms. The van der Waals surface area contributed by atoms with E-state index in [0.717, 1.165) is 18.1 Å². The predicted molar refractivity (Wildman–Crippen MR) is 151 cm³/mol. The number of anilines is 2. The lowest BCUT2D eigenvalue weighted by Crippen LogP contribution is -2.57. The molecule has 0 unspecified atom stereocenters. The Morgan fingerprint density at radius 1 is 1.00 bits per heavy atom. The van der Waals surface area contributed by atoms with Crippen molar-refractivity contribution in [1.29, 1.82) is 0 Å². The van der Waals surface area contributed by atoms with Gasteiger partial charge in [-0.15, -0.1) is 0 Å². The third kappa shape index (κ3) is 3.78. The van der Waals surface area contributed by atoms with E-state index in [-0.39, 0.29) is 34.6 Å². The minimum absolute atomic E-state index is 0.0244. The Kier molecular flexibility index (Phi) is 6.12. The first-order valence-corrected chi connectivity index (χ1v) is 13.5. The van der Waals surface area contributed by atoms with Crippen LogP contribution in [0.5, 0.6) is 5.75 Å². The number of rotatable bonds is 3. The van der Waals surface area contributed by atoms with E-state index in [0.29, 0.717) is 29.7 Å². The molecule has 1 fully saturated rings. The summed E-state index contributed by atoms with van der Waals surface area (Å²) in [5.41, 5.74) is 0.850. The van der Waals surface area contributed by atoms with Crippen molar-refractivity contribution in [2.24, 2.45) is 5.92 Å². The summed E-state index contributed by atoms with van der Waals surface area (Å²) in [6.07, 6.45) is 1.47. The van der Waals surface area contributed by atoms with Crippen molar-refractivity contribution in [3.63, 3.8) is 0 Å². The Morgan fingerprint density at radius 2 is 1.75 bits per heavy atom. The van der Waals surface area contributed by atoms with E-state index in [1.54, 1.807) is 19.2 Å². The standard InChI is InChI=1S/C31H30F2N4O3/c1-16(2)18-8-5-6-10-22(18)37-29-19(14-21(33)26(34-29)25-20(32)9-7-11-24(25)38)27-28(31(37)40)35(4)30(39)23-13-12-17(3)15-36(23)27/h5-11,14,16-17,23,38H,12-13,15H2,1-4H3/t17-,23+/m0/s1. The number of benzene rings is 2. The summed E-state index contributed by atoms with van der Waals surface area (Å²) in [6, 6.07) is 11.8. The first-order valence-electron chi connectivity index (χ1n) is 13.5. The van der Waals surface area contributed by atoms with Crippen molar-refractivity contribution >= 4 is 28.3 Å². The first kappa shape index (κ1) is 26.0. The first-order chi connectivity index (χ1) is 19.1. The number of likely N-dealkylation sites (N-methyl/N-ethyl adjacent to an activating group) is 1. The predicted octanol–water partition coefficient (Wildman–Crippen LogP) is 5.74. The minimum Gasteiger partial charge on any atom is -0.507 e. The van der Waals surface area contributed by atoms with Crippen LogP contribution < -0.4 is 15.4 Å². The van der Waals surface area contributed by atoms with Crippen molar-refractivity contribution in [2.45, 2.75) is 45.6 Å². The molecule has 0 radical (unpaired) electrons. The van der Waals surface area contributed by atoms with Gasteiger partial charge < -0.3 is 14.9 Å². The molecule has 2 aliphatic heterocycles. The molecular weight excluding hydrogens is 514 g/mol. The Hall–Kier alpha value is -4.27. The highest BCUT2D eigenvalue weighted by Crippen LogP contribution is 2.44. The largest absolute Gasteiger partial charge is 0.507 e. The molecule has 1 amide bonds. The maximum Gasteiger partial charge on any atom is 0.282 e. The van der Waals surface area contributed by atoms with Crippen LogP contribution in [0.15, 0.2) is 53.3 Å². The lowest BCUT2D eigenvalue weighted by Gasteiger charge is -2.46. The van der Waals surface area contributed by atoms with E-state index >= 15 is 4.39 Å². The molecule has 4 aromatic rings. The Balaban J connectivity index is 1.79. The highest BCUT2D eigenvalue weighted by molar-refractivity contribution is 6.11. The second-order valence-electron chi connectivity index (χ2n) is 11.1. The molecule has 2 aromatic carbocycles. The number of pyridine rings is 2. The van der Waals surface area contributed by atoms with Crippen LogP contribution in [0.25, 0.3) is 28.0 Å². The number of amides is 1. The molecule has 4 heterocycles. The van der Waals surface area contributed by atoms with Crippen molar-refractivity contribution in [2.75, 3.05) is 23.4 Å². The quantitative estimate of drug-likeness (QED) is 0.356. The SMILES string of the molecule is CC(C)c1ccccc1-n1c(=O)c2c(c3cc(F)c(-c4c(O)cccc4F)nc31)N1C[C@@H](C)CC[C@@H]1C(=O)N2C. The molecule has 2 aromatic heterocycles. The van der Waals surface area contributed by atoms with Gasteiger partial charge in [-0.1, -0.05) is 45.0 Å². The number of piperidine rings is 1. The van der Waals surface area contributed by atoms with Crippen molar-refractivity contribution in [3.05, 3.63) is 76.1 Å². The number of halogens is 2. The number of carbonyl (C=O) groups excluding carboxylic acids is 1. The van der Waals surface area contributed by atoms with E-state index in [2.05, 4.69) is 11.9 Å². The average molecular weight is 545 g/mol. The van der Waals surface area contributed by atoms with Crippen molar-refractivity contribution in [3.8, 4) is 22.7 Å². The van der Waals surface area contributed by atoms with E-state index in [9.17, 15) is 19.1 Å². The number of phenols is 1. The van der Waals surface area contributed by atoms with Crippen LogP contribution in [-0.4, -0.2) is 40.2 Å².